The number of nitrogens with two attached hydrogens (primary N) is 2. The Hall–Kier alpha value is -2.18. The van der Waals surface area contributed by atoms with Crippen LogP contribution in [-0.4, -0.2) is 17.6 Å². The lowest BCUT2D eigenvalue weighted by Crippen LogP contribution is -2.58. The van der Waals surface area contributed by atoms with Gasteiger partial charge in [0.1, 0.15) is 5.66 Å². The topological polar surface area (TPSA) is 80.0 Å². The van der Waals surface area contributed by atoms with Crippen molar-refractivity contribution < 1.29 is 8.78 Å². The molecule has 1 heterocycles. The highest BCUT2D eigenvalue weighted by Gasteiger charge is 2.43. The molecule has 1 saturated carbocycles. The van der Waals surface area contributed by atoms with E-state index in [1.165, 1.54) is 17.0 Å². The van der Waals surface area contributed by atoms with Crippen molar-refractivity contribution in [3.05, 3.63) is 29.8 Å². The number of guanidine groups is 2. The smallest absolute Gasteiger partial charge is 0.220 e. The number of rotatable bonds is 1. The first-order valence-electron chi connectivity index (χ1n) is 6.97. The summed E-state index contributed by atoms with van der Waals surface area (Å²) in [6.45, 7) is 0. The third-order valence-electron chi connectivity index (χ3n) is 4.02. The molecule has 1 aromatic carbocycles. The maximum Gasteiger partial charge on any atom is 0.220 e. The summed E-state index contributed by atoms with van der Waals surface area (Å²) in [5.74, 6) is -1.73. The SMILES string of the molecule is NC1=NC2(CCCCC2)N(c2cccc(F)c2F)C(N)=N1. The molecule has 1 spiro atoms. The van der Waals surface area contributed by atoms with Gasteiger partial charge in [-0.1, -0.05) is 12.5 Å². The highest BCUT2D eigenvalue weighted by atomic mass is 19.2. The molecular formula is C14H17F2N5. The van der Waals surface area contributed by atoms with E-state index in [4.69, 9.17) is 11.5 Å². The largest absolute Gasteiger partial charge is 0.369 e. The number of anilines is 1. The van der Waals surface area contributed by atoms with Gasteiger partial charge in [-0.15, -0.1) is 0 Å². The summed E-state index contributed by atoms with van der Waals surface area (Å²) in [4.78, 5) is 9.82. The lowest BCUT2D eigenvalue weighted by Gasteiger charge is -2.45. The molecule has 0 aromatic heterocycles. The molecule has 1 aliphatic carbocycles. The van der Waals surface area contributed by atoms with Crippen LogP contribution in [0.1, 0.15) is 32.1 Å². The van der Waals surface area contributed by atoms with Crippen LogP contribution < -0.4 is 16.4 Å². The number of hydrogen-bond donors (Lipinski definition) is 2. The standard InChI is InChI=1S/C14H17F2N5/c15-9-5-4-6-10(11(9)16)21-13(18)19-12(17)20-14(21)7-2-1-3-8-14/h4-6H,1-3,7-8H2,(H4,17,18,19,20). The van der Waals surface area contributed by atoms with Gasteiger partial charge in [0.25, 0.3) is 0 Å². The first-order chi connectivity index (χ1) is 10.0. The second kappa shape index (κ2) is 4.98. The second-order valence-electron chi connectivity index (χ2n) is 5.39. The van der Waals surface area contributed by atoms with Crippen LogP contribution in [0.5, 0.6) is 0 Å². The van der Waals surface area contributed by atoms with Crippen molar-refractivity contribution in [2.45, 2.75) is 37.8 Å². The summed E-state index contributed by atoms with van der Waals surface area (Å²) in [6, 6.07) is 3.99. The van der Waals surface area contributed by atoms with Gasteiger partial charge in [0.05, 0.1) is 5.69 Å². The van der Waals surface area contributed by atoms with Crippen LogP contribution >= 0.6 is 0 Å². The Morgan fingerprint density at radius 3 is 2.52 bits per heavy atom. The van der Waals surface area contributed by atoms with E-state index in [0.29, 0.717) is 12.8 Å². The zero-order valence-corrected chi connectivity index (χ0v) is 11.5. The van der Waals surface area contributed by atoms with Gasteiger partial charge in [-0.05, 0) is 37.8 Å². The van der Waals surface area contributed by atoms with Crippen LogP contribution in [-0.2, 0) is 0 Å². The molecule has 3 rings (SSSR count). The number of aliphatic imine (C=N–C) groups is 2. The average molecular weight is 293 g/mol. The highest BCUT2D eigenvalue weighted by Crippen LogP contribution is 2.40. The minimum absolute atomic E-state index is 0.0499. The molecule has 7 heteroatoms. The van der Waals surface area contributed by atoms with Crippen LogP contribution in [0, 0.1) is 11.6 Å². The molecule has 0 unspecified atom stereocenters. The van der Waals surface area contributed by atoms with Crippen molar-refractivity contribution in [2.24, 2.45) is 21.5 Å². The van der Waals surface area contributed by atoms with Crippen molar-refractivity contribution in [1.29, 1.82) is 0 Å². The Bertz CT molecular complexity index is 620. The summed E-state index contributed by atoms with van der Waals surface area (Å²) >= 11 is 0. The van der Waals surface area contributed by atoms with Crippen molar-refractivity contribution >= 4 is 17.6 Å². The molecule has 0 radical (unpaired) electrons. The predicted molar refractivity (Wildman–Crippen MR) is 77.9 cm³/mol. The quantitative estimate of drug-likeness (QED) is 0.832. The number of nitrogens with zero attached hydrogens (tertiary/aromatic N) is 3. The van der Waals surface area contributed by atoms with Crippen LogP contribution in [0.2, 0.25) is 0 Å². The van der Waals surface area contributed by atoms with Gasteiger partial charge in [-0.2, -0.15) is 4.99 Å². The fourth-order valence-electron chi connectivity index (χ4n) is 3.13. The van der Waals surface area contributed by atoms with E-state index in [0.717, 1.165) is 25.3 Å². The van der Waals surface area contributed by atoms with E-state index in [1.807, 2.05) is 0 Å². The Morgan fingerprint density at radius 2 is 1.81 bits per heavy atom. The van der Waals surface area contributed by atoms with Crippen molar-refractivity contribution in [3.63, 3.8) is 0 Å². The van der Waals surface area contributed by atoms with Gasteiger partial charge in [0.15, 0.2) is 11.6 Å². The first kappa shape index (κ1) is 13.8. The van der Waals surface area contributed by atoms with Gasteiger partial charge in [-0.3, -0.25) is 4.90 Å². The molecule has 0 bridgehead atoms. The molecule has 1 aliphatic heterocycles. The summed E-state index contributed by atoms with van der Waals surface area (Å²) in [5.41, 5.74) is 11.0. The van der Waals surface area contributed by atoms with Crippen molar-refractivity contribution in [1.82, 2.24) is 0 Å². The summed E-state index contributed by atoms with van der Waals surface area (Å²) in [6.07, 6.45) is 4.29. The Balaban J connectivity index is 2.13. The summed E-state index contributed by atoms with van der Waals surface area (Å²) in [7, 11) is 0. The molecule has 1 aromatic rings. The first-order valence-corrected chi connectivity index (χ1v) is 6.97. The molecule has 112 valence electrons. The van der Waals surface area contributed by atoms with E-state index in [-0.39, 0.29) is 17.6 Å². The monoisotopic (exact) mass is 293 g/mol. The van der Waals surface area contributed by atoms with Crippen LogP contribution in [0.3, 0.4) is 0 Å². The number of halogens is 2. The van der Waals surface area contributed by atoms with Gasteiger partial charge in [0.2, 0.25) is 11.9 Å². The minimum Gasteiger partial charge on any atom is -0.369 e. The van der Waals surface area contributed by atoms with Crippen LogP contribution in [0.4, 0.5) is 14.5 Å². The molecule has 5 nitrogen and oxygen atoms in total. The van der Waals surface area contributed by atoms with Gasteiger partial charge < -0.3 is 11.5 Å². The van der Waals surface area contributed by atoms with E-state index < -0.39 is 17.3 Å². The molecule has 0 atom stereocenters. The zero-order valence-electron chi connectivity index (χ0n) is 11.5. The molecule has 0 amide bonds. The van der Waals surface area contributed by atoms with E-state index in [9.17, 15) is 8.78 Å². The van der Waals surface area contributed by atoms with Crippen molar-refractivity contribution in [3.8, 4) is 0 Å². The van der Waals surface area contributed by atoms with Gasteiger partial charge in [0, 0.05) is 0 Å². The van der Waals surface area contributed by atoms with E-state index >= 15 is 0 Å². The summed E-state index contributed by atoms with van der Waals surface area (Å²) < 4.78 is 27.7. The molecular weight excluding hydrogens is 276 g/mol. The third-order valence-corrected chi connectivity index (χ3v) is 4.02. The maximum atomic E-state index is 14.2. The zero-order chi connectivity index (χ0) is 15.0. The van der Waals surface area contributed by atoms with Crippen LogP contribution in [0.15, 0.2) is 28.2 Å². The van der Waals surface area contributed by atoms with Crippen LogP contribution in [0.25, 0.3) is 0 Å². The highest BCUT2D eigenvalue weighted by molar-refractivity contribution is 6.05. The minimum atomic E-state index is -0.948. The van der Waals surface area contributed by atoms with Gasteiger partial charge in [-0.25, -0.2) is 13.8 Å². The van der Waals surface area contributed by atoms with Crippen molar-refractivity contribution in [2.75, 3.05) is 4.90 Å². The molecule has 2 aliphatic rings. The molecule has 0 saturated heterocycles. The third kappa shape index (κ3) is 2.22. The second-order valence-corrected chi connectivity index (χ2v) is 5.39. The molecule has 4 N–H and O–H groups in total. The lowest BCUT2D eigenvalue weighted by molar-refractivity contribution is 0.303. The Kier molecular flexibility index (Phi) is 3.27. The number of benzene rings is 1. The Labute approximate surface area is 121 Å². The van der Waals surface area contributed by atoms with Gasteiger partial charge >= 0.3 is 0 Å². The average Bonchev–Trinajstić information content (AvgIpc) is 2.43. The normalized spacial score (nSPS) is 21.1. The Morgan fingerprint density at radius 1 is 1.10 bits per heavy atom. The van der Waals surface area contributed by atoms with E-state index in [1.54, 1.807) is 0 Å². The molecule has 21 heavy (non-hydrogen) atoms. The predicted octanol–water partition coefficient (Wildman–Crippen LogP) is 2.07. The van der Waals surface area contributed by atoms with E-state index in [2.05, 4.69) is 9.98 Å². The molecule has 1 fully saturated rings. The summed E-state index contributed by atoms with van der Waals surface area (Å²) in [5, 5.41) is 0. The lowest BCUT2D eigenvalue weighted by atomic mass is 9.87. The fourth-order valence-corrected chi connectivity index (χ4v) is 3.13. The fraction of sp³-hybridized carbons (Fsp3) is 0.429. The number of hydrogen-bond acceptors (Lipinski definition) is 5. The maximum absolute atomic E-state index is 14.2.